The predicted octanol–water partition coefficient (Wildman–Crippen LogP) is 6.68. The van der Waals surface area contributed by atoms with Crippen molar-refractivity contribution in [2.45, 2.75) is 50.9 Å². The zero-order chi connectivity index (χ0) is 31.9. The molecule has 1 amide bonds. The molecule has 3 N–H and O–H groups in total. The summed E-state index contributed by atoms with van der Waals surface area (Å²) in [6, 6.07) is 16.8. The van der Waals surface area contributed by atoms with Gasteiger partial charge in [0.05, 0.1) is 10.7 Å². The predicted molar refractivity (Wildman–Crippen MR) is 179 cm³/mol. The highest BCUT2D eigenvalue weighted by molar-refractivity contribution is 6.32. The standard InChI is InChI=1S/C35H40ClN3O6.ClH/c1-20-6-4-5-7-27(20)28-9-11-30(37-32(28)23-8-10-29(36)31(17-23)44-19-26(40)18-39(2)3)33(41)38-35(45-34(42)43)24-13-21-12-22(15-24)16-25(35)14-21;/h4-11,17,21-22,24-26,40H,12-16,18-19H2,1-3H3,(H,38,41)(H,42,43);1H/t21?,22?,24?,25?,26-,35?;/m0./s1. The number of aliphatic hydroxyl groups is 1. The number of nitrogens with zero attached hydrogens (tertiary/aromatic N) is 2. The van der Waals surface area contributed by atoms with Crippen LogP contribution in [-0.2, 0) is 4.74 Å². The number of nitrogens with one attached hydrogen (secondary N) is 1. The minimum absolute atomic E-state index is 0. The summed E-state index contributed by atoms with van der Waals surface area (Å²) < 4.78 is 11.6. The van der Waals surface area contributed by atoms with Crippen LogP contribution in [0.4, 0.5) is 4.79 Å². The van der Waals surface area contributed by atoms with Gasteiger partial charge in [0.2, 0.25) is 0 Å². The van der Waals surface area contributed by atoms with Crippen molar-refractivity contribution in [3.8, 4) is 28.1 Å². The molecule has 4 aliphatic rings. The molecule has 1 aromatic heterocycles. The number of benzene rings is 2. The molecule has 7 rings (SSSR count). The third kappa shape index (κ3) is 6.83. The fraction of sp³-hybridized carbons (Fsp3) is 0.457. The van der Waals surface area contributed by atoms with Gasteiger partial charge in [-0.1, -0.05) is 41.9 Å². The molecule has 4 saturated carbocycles. The van der Waals surface area contributed by atoms with Crippen LogP contribution < -0.4 is 10.1 Å². The molecule has 0 aliphatic heterocycles. The number of carbonyl (C=O) groups excluding carboxylic acids is 1. The first-order valence-corrected chi connectivity index (χ1v) is 16.0. The maximum atomic E-state index is 14.0. The van der Waals surface area contributed by atoms with Gasteiger partial charge in [0.15, 0.2) is 5.72 Å². The minimum Gasteiger partial charge on any atom is -0.489 e. The highest BCUT2D eigenvalue weighted by atomic mass is 35.5. The molecular formula is C35H41Cl2N3O6. The number of ether oxygens (including phenoxy) is 2. The number of amides is 1. The van der Waals surface area contributed by atoms with Gasteiger partial charge in [0.1, 0.15) is 24.2 Å². The van der Waals surface area contributed by atoms with E-state index in [1.807, 2.05) is 62.3 Å². The van der Waals surface area contributed by atoms with E-state index in [2.05, 4.69) is 5.32 Å². The second-order valence-corrected chi connectivity index (χ2v) is 13.6. The molecule has 4 bridgehead atoms. The molecule has 0 unspecified atom stereocenters. The van der Waals surface area contributed by atoms with Crippen LogP contribution in [0.2, 0.25) is 5.02 Å². The van der Waals surface area contributed by atoms with Gasteiger partial charge < -0.3 is 29.9 Å². The van der Waals surface area contributed by atoms with Crippen molar-refractivity contribution < 1.29 is 29.3 Å². The van der Waals surface area contributed by atoms with E-state index < -0.39 is 23.9 Å². The molecule has 246 valence electrons. The van der Waals surface area contributed by atoms with Crippen molar-refractivity contribution >= 4 is 36.1 Å². The normalized spacial score (nSPS) is 25.1. The molecular weight excluding hydrogens is 629 g/mol. The zero-order valence-electron chi connectivity index (χ0n) is 26.2. The molecule has 1 heterocycles. The molecule has 4 aliphatic carbocycles. The van der Waals surface area contributed by atoms with E-state index in [4.69, 9.17) is 26.1 Å². The van der Waals surface area contributed by atoms with Crippen molar-refractivity contribution in [3.63, 3.8) is 0 Å². The largest absolute Gasteiger partial charge is 0.507 e. The van der Waals surface area contributed by atoms with Crippen LogP contribution in [0, 0.1) is 30.6 Å². The average molecular weight is 671 g/mol. The third-order valence-electron chi connectivity index (χ3n) is 9.69. The first-order valence-electron chi connectivity index (χ1n) is 15.6. The summed E-state index contributed by atoms with van der Waals surface area (Å²) in [5, 5.41) is 23.6. The minimum atomic E-state index is -1.38. The Morgan fingerprint density at radius 3 is 2.33 bits per heavy atom. The van der Waals surface area contributed by atoms with Gasteiger partial charge in [0.25, 0.3) is 5.91 Å². The Labute approximate surface area is 280 Å². The molecule has 1 atom stereocenters. The van der Waals surface area contributed by atoms with Crippen LogP contribution in [-0.4, -0.2) is 71.2 Å². The van der Waals surface area contributed by atoms with Gasteiger partial charge in [-0.3, -0.25) is 4.79 Å². The SMILES string of the molecule is Cc1ccccc1-c1ccc(C(=O)NC2(OC(=O)O)C3CC4CC(C3)CC2C4)nc1-c1ccc(Cl)c(OC[C@@H](O)CN(C)C)c1.Cl. The fourth-order valence-electron chi connectivity index (χ4n) is 7.99. The summed E-state index contributed by atoms with van der Waals surface area (Å²) in [7, 11) is 3.74. The third-order valence-corrected chi connectivity index (χ3v) is 10.0. The first-order chi connectivity index (χ1) is 21.5. The van der Waals surface area contributed by atoms with Crippen LogP contribution in [0.25, 0.3) is 22.4 Å². The summed E-state index contributed by atoms with van der Waals surface area (Å²) in [4.78, 5) is 32.7. The van der Waals surface area contributed by atoms with E-state index in [0.717, 1.165) is 42.4 Å². The topological polar surface area (TPSA) is 121 Å². The van der Waals surface area contributed by atoms with E-state index in [9.17, 15) is 19.8 Å². The summed E-state index contributed by atoms with van der Waals surface area (Å²) in [6.45, 7) is 2.50. The molecule has 0 radical (unpaired) electrons. The number of likely N-dealkylation sites (N-methyl/N-ethyl adjacent to an activating group) is 1. The van der Waals surface area contributed by atoms with Gasteiger partial charge in [-0.25, -0.2) is 9.78 Å². The Hall–Kier alpha value is -3.37. The molecule has 9 nitrogen and oxygen atoms in total. The van der Waals surface area contributed by atoms with Gasteiger partial charge in [-0.05, 0) is 100 Å². The van der Waals surface area contributed by atoms with Crippen molar-refractivity contribution in [2.24, 2.45) is 23.7 Å². The number of rotatable bonds is 10. The lowest BCUT2D eigenvalue weighted by Crippen LogP contribution is -2.68. The summed E-state index contributed by atoms with van der Waals surface area (Å²) in [5.74, 6) is 0.911. The lowest BCUT2D eigenvalue weighted by Gasteiger charge is -2.59. The van der Waals surface area contributed by atoms with Crippen LogP contribution in [0.15, 0.2) is 54.6 Å². The Balaban J connectivity index is 0.00000417. The highest BCUT2D eigenvalue weighted by Crippen LogP contribution is 2.58. The lowest BCUT2D eigenvalue weighted by atomic mass is 9.52. The zero-order valence-corrected chi connectivity index (χ0v) is 27.8. The van der Waals surface area contributed by atoms with E-state index >= 15 is 0 Å². The van der Waals surface area contributed by atoms with Crippen molar-refractivity contribution in [1.29, 1.82) is 0 Å². The number of pyridine rings is 1. The number of aromatic nitrogens is 1. The van der Waals surface area contributed by atoms with Crippen LogP contribution >= 0.6 is 24.0 Å². The number of carbonyl (C=O) groups is 2. The first kappa shape index (κ1) is 34.0. The monoisotopic (exact) mass is 669 g/mol. The van der Waals surface area contributed by atoms with E-state index in [1.54, 1.807) is 18.2 Å². The molecule has 0 saturated heterocycles. The van der Waals surface area contributed by atoms with Crippen molar-refractivity contribution in [3.05, 3.63) is 70.9 Å². The number of halogens is 2. The number of aliphatic hydroxyl groups excluding tert-OH is 1. The number of hydrogen-bond acceptors (Lipinski definition) is 7. The maximum absolute atomic E-state index is 14.0. The Morgan fingerprint density at radius 1 is 1.02 bits per heavy atom. The van der Waals surface area contributed by atoms with E-state index in [-0.39, 0.29) is 36.5 Å². The molecule has 46 heavy (non-hydrogen) atoms. The number of aryl methyl sites for hydroxylation is 1. The summed E-state index contributed by atoms with van der Waals surface area (Å²) in [5.41, 5.74) is 2.93. The van der Waals surface area contributed by atoms with Gasteiger partial charge in [0, 0.05) is 29.5 Å². The van der Waals surface area contributed by atoms with Crippen LogP contribution in [0.3, 0.4) is 0 Å². The number of carboxylic acid groups (broad SMARTS) is 1. The van der Waals surface area contributed by atoms with Crippen molar-refractivity contribution in [2.75, 3.05) is 27.2 Å². The van der Waals surface area contributed by atoms with Crippen molar-refractivity contribution in [1.82, 2.24) is 15.2 Å². The molecule has 11 heteroatoms. The fourth-order valence-corrected chi connectivity index (χ4v) is 8.16. The molecule has 4 fully saturated rings. The molecule has 3 aromatic rings. The Kier molecular flexibility index (Phi) is 10.2. The van der Waals surface area contributed by atoms with Crippen LogP contribution in [0.5, 0.6) is 5.75 Å². The smallest absolute Gasteiger partial charge is 0.489 e. The highest BCUT2D eigenvalue weighted by Gasteiger charge is 2.60. The number of hydrogen-bond donors (Lipinski definition) is 3. The quantitative estimate of drug-likeness (QED) is 0.162. The molecule has 0 spiro atoms. The summed E-state index contributed by atoms with van der Waals surface area (Å²) >= 11 is 6.50. The van der Waals surface area contributed by atoms with Crippen LogP contribution in [0.1, 0.15) is 48.2 Å². The van der Waals surface area contributed by atoms with Gasteiger partial charge >= 0.3 is 6.16 Å². The molecule has 2 aromatic carbocycles. The lowest BCUT2D eigenvalue weighted by molar-refractivity contribution is -0.191. The average Bonchev–Trinajstić information content (AvgIpc) is 2.98. The maximum Gasteiger partial charge on any atom is 0.507 e. The summed E-state index contributed by atoms with van der Waals surface area (Å²) in [6.07, 6.45) is 2.49. The Bertz CT molecular complexity index is 1570. The van der Waals surface area contributed by atoms with E-state index in [0.29, 0.717) is 40.4 Å². The van der Waals surface area contributed by atoms with Gasteiger partial charge in [-0.15, -0.1) is 12.4 Å². The van der Waals surface area contributed by atoms with Gasteiger partial charge in [-0.2, -0.15) is 0 Å². The second-order valence-electron chi connectivity index (χ2n) is 13.2. The second kappa shape index (κ2) is 13.8. The van der Waals surface area contributed by atoms with E-state index in [1.165, 1.54) is 6.42 Å². The Morgan fingerprint density at radius 2 is 1.70 bits per heavy atom.